The molecule has 0 amide bonds. The predicted molar refractivity (Wildman–Crippen MR) is 518 cm³/mol. The first-order valence-corrected chi connectivity index (χ1v) is 47.1. The average Bonchev–Trinajstić information content (AvgIpc) is 1.59. The van der Waals surface area contributed by atoms with Gasteiger partial charge in [-0.05, 0) is 263 Å². The van der Waals surface area contributed by atoms with Crippen LogP contribution in [0.15, 0.2) is 205 Å². The predicted octanol–water partition coefficient (Wildman–Crippen LogP) is 20.3. The smallest absolute Gasteiger partial charge is 0.373 e. The van der Waals surface area contributed by atoms with Crippen LogP contribution in [0.2, 0.25) is 0 Å². The number of alkyl halides is 1. The van der Waals surface area contributed by atoms with Crippen LogP contribution in [0, 0.1) is 7.43 Å². The average molecular weight is 2090 g/mol. The van der Waals surface area contributed by atoms with Crippen molar-refractivity contribution in [2.45, 2.75) is 166 Å². The molecule has 3 aliphatic heterocycles. The topological polar surface area (TPSA) is 364 Å². The number of Topliss-reactive ketones (excluding diaryl/α,β-unsaturated/α-hetero) is 4. The largest absolute Gasteiger partial charge is 0.508 e. The number of benzene rings is 10. The number of halogens is 1. The summed E-state index contributed by atoms with van der Waals surface area (Å²) in [5.74, 6) is 3.24. The SMILES string of the molecule is CCCc1coc2ccc3cc(O)ccc3c12.CCCc1coc2ccc3cc(OCCBr)ccc3c12.CCCc1coc2ccc3cc(OCCN4CCC(O)CC4)ccc3c12.O=C1CCC(c2coc3ccc4cc(OCCN5CCC(O)CC5)ccc4c23)C(=O)C1.O=C1CCC(c2coc3ccc4cc(OCCN5CCC(O)CC5)ccc4c23)C(=O)C1.O=C=O.O=C=O.O=C=O.[CH3-].[W]. The molecule has 2 aliphatic carbocycles. The minimum absolute atomic E-state index is 0. The number of nitrogens with zero attached hydrogens (tertiary/aromatic N) is 3. The van der Waals surface area contributed by atoms with Gasteiger partial charge in [-0.2, -0.15) is 28.8 Å². The quantitative estimate of drug-likeness (QED) is 0.0262. The van der Waals surface area contributed by atoms with Gasteiger partial charge in [0.2, 0.25) is 0 Å². The number of ketones is 4. The van der Waals surface area contributed by atoms with E-state index in [9.17, 15) is 39.6 Å². The standard InChI is InChI=1S/2C25H27NO5.C22H27NO3.C17H17BrO2.C15H14O2.3CO2.CH3.W/c2*27-17-7-9-26(10-8-17)11-12-30-19-3-5-20-16(13-19)1-6-24-25(20)22(15-31-24)21-4-2-18(28)14-23(21)29;1-2-3-17-15-26-21-7-4-16-14-19(5-6-20(16)22(17)21)25-13-12-23-10-8-18(24)9-11-23;1-2-3-13-11-20-16-7-4-12-10-14(19-9-8-18)5-6-15(12)17(13)16;1-2-3-11-9-17-14-7-4-10-8-12(16)5-6-13(10)15(11)14;3*2-1-3;;/h2*1,3,5-6,13,15,17,21,27H,2,4,7-12,14H2;4-7,14-15,18,24H,2-3,8-13H2,1H3;4-7,10-11H,2-3,8-9H2,1H3;4-9,16H,2-3H2,1H3;;;;1H3;/q;;;;;;;;-1;. The number of hydrogen-bond acceptors (Lipinski definition) is 26. The molecule has 20 rings (SSSR count). The van der Waals surface area contributed by atoms with E-state index in [4.69, 9.17) is 69.8 Å². The zero-order valence-electron chi connectivity index (χ0n) is 77.0. The van der Waals surface area contributed by atoms with Crippen molar-refractivity contribution in [2.75, 3.05) is 90.7 Å². The summed E-state index contributed by atoms with van der Waals surface area (Å²) in [7, 11) is 0. The number of rotatable bonds is 23. The van der Waals surface area contributed by atoms with Crippen LogP contribution in [-0.2, 0) is 88.3 Å². The molecule has 10 aromatic carbocycles. The number of piperidine rings is 3. The Hall–Kier alpha value is -12.1. The van der Waals surface area contributed by atoms with Crippen LogP contribution < -0.4 is 18.9 Å². The number of fused-ring (bicyclic) bond motifs is 15. The van der Waals surface area contributed by atoms with Crippen molar-refractivity contribution < 1.29 is 130 Å². The molecule has 28 heteroatoms. The number of phenols is 1. The van der Waals surface area contributed by atoms with E-state index in [0.717, 1.165) is 246 Å². The molecule has 5 aromatic heterocycles. The minimum Gasteiger partial charge on any atom is -0.508 e. The van der Waals surface area contributed by atoms with Crippen LogP contribution in [0.1, 0.15) is 157 Å². The summed E-state index contributed by atoms with van der Waals surface area (Å²) in [6.45, 7) is 17.3. The van der Waals surface area contributed by atoms with Crippen molar-refractivity contribution in [3.05, 3.63) is 218 Å². The zero-order valence-corrected chi connectivity index (χ0v) is 81.5. The molecule has 714 valence electrons. The molecule has 8 heterocycles. The van der Waals surface area contributed by atoms with E-state index < -0.39 is 0 Å². The summed E-state index contributed by atoms with van der Waals surface area (Å²) < 4.78 is 52.1. The van der Waals surface area contributed by atoms with E-state index in [-0.39, 0.29) is 113 Å². The number of carbonyl (C=O) groups is 4. The Labute approximate surface area is 810 Å². The van der Waals surface area contributed by atoms with Crippen LogP contribution in [0.3, 0.4) is 0 Å². The molecule has 0 bridgehead atoms. The van der Waals surface area contributed by atoms with Crippen LogP contribution in [0.25, 0.3) is 109 Å². The fraction of sp³-hybridized carbons (Fsp3) is 0.370. The molecule has 5 aliphatic rings. The second-order valence-electron chi connectivity index (χ2n) is 34.1. The third-order valence-corrected chi connectivity index (χ3v) is 25.6. The maximum atomic E-state index is 12.5. The normalized spacial score (nSPS) is 16.1. The third-order valence-electron chi connectivity index (χ3n) is 25.2. The first-order valence-electron chi connectivity index (χ1n) is 46.0. The van der Waals surface area contributed by atoms with E-state index in [2.05, 4.69) is 99.9 Å². The fourth-order valence-electron chi connectivity index (χ4n) is 18.6. The maximum Gasteiger partial charge on any atom is 0.373 e. The summed E-state index contributed by atoms with van der Waals surface area (Å²) in [5, 5.41) is 56.0. The van der Waals surface area contributed by atoms with Crippen molar-refractivity contribution in [3.63, 3.8) is 0 Å². The van der Waals surface area contributed by atoms with Crippen molar-refractivity contribution >= 4 is 166 Å². The number of furan rings is 5. The van der Waals surface area contributed by atoms with E-state index in [1.165, 1.54) is 54.4 Å². The first-order chi connectivity index (χ1) is 65.3. The Morgan fingerprint density at radius 2 is 0.625 bits per heavy atom. The molecule has 2 saturated carbocycles. The summed E-state index contributed by atoms with van der Waals surface area (Å²) >= 11 is 3.37. The van der Waals surface area contributed by atoms with Gasteiger partial charge in [0.05, 0.1) is 69.1 Å². The van der Waals surface area contributed by atoms with Gasteiger partial charge in [-0.15, -0.1) is 0 Å². The Bertz CT molecular complexity index is 6440. The summed E-state index contributed by atoms with van der Waals surface area (Å²) in [6.07, 6.45) is 22.9. The molecule has 15 aromatic rings. The molecule has 4 N–H and O–H groups in total. The van der Waals surface area contributed by atoms with Crippen molar-refractivity contribution in [1.29, 1.82) is 0 Å². The second kappa shape index (κ2) is 51.8. The number of aliphatic hydroxyl groups is 3. The summed E-state index contributed by atoms with van der Waals surface area (Å²) in [5.41, 5.74) is 9.97. The minimum atomic E-state index is -0.275. The zero-order chi connectivity index (χ0) is 94.6. The number of carbonyl (C=O) groups excluding carboxylic acids is 10. The molecule has 3 saturated heterocycles. The number of aryl methyl sites for hydroxylation is 3. The fourth-order valence-corrected chi connectivity index (χ4v) is 18.7. The molecule has 2 unspecified atom stereocenters. The van der Waals surface area contributed by atoms with E-state index in [1.807, 2.05) is 110 Å². The molecular formula is C108H115BrN3O23W-. The van der Waals surface area contributed by atoms with Gasteiger partial charge >= 0.3 is 18.5 Å². The molecule has 26 nitrogen and oxygen atoms in total. The number of likely N-dealkylation sites (tertiary alicyclic amines) is 3. The second-order valence-corrected chi connectivity index (χ2v) is 34.9. The Morgan fingerprint density at radius 1 is 0.360 bits per heavy atom. The Balaban J connectivity index is 0.000000161. The molecule has 136 heavy (non-hydrogen) atoms. The van der Waals surface area contributed by atoms with Crippen molar-refractivity contribution in [2.24, 2.45) is 0 Å². The van der Waals surface area contributed by atoms with Crippen LogP contribution >= 0.6 is 15.9 Å². The summed E-state index contributed by atoms with van der Waals surface area (Å²) in [4.78, 5) is 104. The van der Waals surface area contributed by atoms with Crippen LogP contribution in [0.4, 0.5) is 0 Å². The van der Waals surface area contributed by atoms with E-state index in [0.29, 0.717) is 57.9 Å². The van der Waals surface area contributed by atoms with Crippen molar-refractivity contribution in [3.8, 4) is 28.7 Å². The number of ether oxygens (including phenoxy) is 4. The monoisotopic (exact) mass is 2080 g/mol. The van der Waals surface area contributed by atoms with Gasteiger partial charge in [0.1, 0.15) is 99.6 Å². The van der Waals surface area contributed by atoms with E-state index in [1.54, 1.807) is 24.7 Å². The van der Waals surface area contributed by atoms with Crippen molar-refractivity contribution in [1.82, 2.24) is 14.7 Å². The van der Waals surface area contributed by atoms with Gasteiger partial charge < -0.3 is 68.9 Å². The van der Waals surface area contributed by atoms with Gasteiger partial charge in [-0.1, -0.05) is 86.3 Å². The van der Waals surface area contributed by atoms with Gasteiger partial charge in [0, 0.05) is 148 Å². The molecular weight excluding hydrogens is 1970 g/mol. The molecule has 0 spiro atoms. The number of hydrogen-bond donors (Lipinski definition) is 4. The van der Waals surface area contributed by atoms with Gasteiger partial charge in [-0.3, -0.25) is 33.9 Å². The van der Waals surface area contributed by atoms with Gasteiger partial charge in [-0.25, -0.2) is 0 Å². The van der Waals surface area contributed by atoms with Gasteiger partial charge in [0.25, 0.3) is 0 Å². The number of phenolic OH excluding ortho intramolecular Hbond substituents is 1. The van der Waals surface area contributed by atoms with Crippen LogP contribution in [-0.4, -0.2) is 186 Å². The molecule has 0 radical (unpaired) electrons. The van der Waals surface area contributed by atoms with Crippen LogP contribution in [0.5, 0.6) is 28.7 Å². The number of aliphatic hydroxyl groups excluding tert-OH is 3. The molecule has 2 atom stereocenters. The maximum absolute atomic E-state index is 12.5. The summed E-state index contributed by atoms with van der Waals surface area (Å²) in [6, 6.07) is 50.3. The first kappa shape index (κ1) is 104. The Morgan fingerprint density at radius 3 is 0.912 bits per heavy atom. The Kier molecular flexibility index (Phi) is 39.7. The van der Waals surface area contributed by atoms with E-state index >= 15 is 0 Å². The molecule has 5 fully saturated rings. The van der Waals surface area contributed by atoms with Gasteiger partial charge in [0.15, 0.2) is 0 Å². The number of aromatic hydroxyl groups is 1. The third kappa shape index (κ3) is 26.8.